The summed E-state index contributed by atoms with van der Waals surface area (Å²) >= 11 is 5.62. The third-order valence-corrected chi connectivity index (χ3v) is 7.92. The summed E-state index contributed by atoms with van der Waals surface area (Å²) in [6, 6.07) is 8.59. The largest absolute Gasteiger partial charge is 0.313 e. The lowest BCUT2D eigenvalue weighted by Crippen LogP contribution is -3.15. The number of hydrogen-bond acceptors (Lipinski definition) is 4. The number of sulfone groups is 1. The summed E-state index contributed by atoms with van der Waals surface area (Å²) in [5.41, 5.74) is 2.42. The van der Waals surface area contributed by atoms with Gasteiger partial charge in [0.05, 0.1) is 12.3 Å². The normalized spacial score (nSPS) is 20.4. The fourth-order valence-electron chi connectivity index (χ4n) is 3.80. The minimum absolute atomic E-state index is 0.107. The quantitative estimate of drug-likeness (QED) is 0.747. The van der Waals surface area contributed by atoms with Crippen LogP contribution in [-0.2, 0) is 29.0 Å². The Morgan fingerprint density at radius 2 is 1.89 bits per heavy atom. The van der Waals surface area contributed by atoms with E-state index in [1.807, 2.05) is 16.3 Å². The molecular weight excluding hydrogens is 392 g/mol. The van der Waals surface area contributed by atoms with Crippen molar-refractivity contribution in [1.29, 1.82) is 0 Å². The van der Waals surface area contributed by atoms with Gasteiger partial charge in [-0.15, -0.1) is 5.10 Å². The lowest BCUT2D eigenvalue weighted by atomic mass is 9.87. The van der Waals surface area contributed by atoms with E-state index < -0.39 is 9.84 Å². The van der Waals surface area contributed by atoms with E-state index >= 15 is 0 Å². The number of quaternary nitrogens is 1. The molecule has 8 heteroatoms. The molecule has 2 heterocycles. The van der Waals surface area contributed by atoms with Crippen LogP contribution < -0.4 is 4.90 Å². The molecule has 1 aromatic heterocycles. The second-order valence-corrected chi connectivity index (χ2v) is 11.4. The zero-order chi connectivity index (χ0) is 20.7. The molecule has 0 saturated carbocycles. The van der Waals surface area contributed by atoms with Crippen molar-refractivity contribution in [1.82, 2.24) is 14.3 Å². The van der Waals surface area contributed by atoms with Gasteiger partial charge >= 0.3 is 0 Å². The van der Waals surface area contributed by atoms with E-state index in [-0.39, 0.29) is 17.2 Å². The van der Waals surface area contributed by atoms with Gasteiger partial charge < -0.3 is 9.47 Å². The lowest BCUT2D eigenvalue weighted by Gasteiger charge is -2.23. The molecule has 0 radical (unpaired) electrons. The molecule has 0 spiro atoms. The molecular formula is C20H31N4O2S2+. The summed E-state index contributed by atoms with van der Waals surface area (Å²) < 4.78 is 28.1. The topological polar surface area (TPSA) is 61.3 Å². The molecule has 2 aromatic rings. The van der Waals surface area contributed by atoms with Gasteiger partial charge in [-0.3, -0.25) is 0 Å². The van der Waals surface area contributed by atoms with E-state index in [4.69, 9.17) is 17.3 Å². The van der Waals surface area contributed by atoms with E-state index in [1.165, 1.54) is 10.5 Å². The van der Waals surface area contributed by atoms with E-state index in [0.717, 1.165) is 17.9 Å². The highest BCUT2D eigenvalue weighted by Crippen LogP contribution is 2.25. The number of nitrogens with zero attached hydrogens (tertiary/aromatic N) is 3. The Kier molecular flexibility index (Phi) is 5.85. The average Bonchev–Trinajstić information content (AvgIpc) is 3.12. The summed E-state index contributed by atoms with van der Waals surface area (Å²) in [6.07, 6.45) is 0.715. The predicted octanol–water partition coefficient (Wildman–Crippen LogP) is 1.96. The molecule has 154 valence electrons. The molecule has 0 aliphatic carbocycles. The van der Waals surface area contributed by atoms with Crippen molar-refractivity contribution < 1.29 is 13.3 Å². The van der Waals surface area contributed by atoms with Crippen molar-refractivity contribution in [3.05, 3.63) is 34.6 Å². The first-order chi connectivity index (χ1) is 13.0. The second kappa shape index (κ2) is 7.72. The zero-order valence-electron chi connectivity index (χ0n) is 17.4. The van der Waals surface area contributed by atoms with E-state index in [2.05, 4.69) is 52.0 Å². The summed E-state index contributed by atoms with van der Waals surface area (Å²) in [6.45, 7) is 10.1. The standard InChI is InChI=1S/C20H30N4O2S2/c1-6-23(17-11-12-28(25,26)13-17)14-24-19(27)22(5)18(21-24)15-7-9-16(10-8-15)20(2,3)4/h7-10,17H,6,11-14H2,1-5H3/p+1/t17-/m1/s1. The van der Waals surface area contributed by atoms with Crippen LogP contribution in [0.5, 0.6) is 0 Å². The first-order valence-corrected chi connectivity index (χ1v) is 12.0. The molecule has 2 atom stereocenters. The van der Waals surface area contributed by atoms with Crippen LogP contribution in [0.4, 0.5) is 0 Å². The maximum atomic E-state index is 11.9. The molecule has 1 aromatic carbocycles. The molecule has 1 N–H and O–H groups in total. The van der Waals surface area contributed by atoms with Crippen molar-refractivity contribution in [2.45, 2.75) is 52.2 Å². The lowest BCUT2D eigenvalue weighted by molar-refractivity contribution is -0.943. The summed E-state index contributed by atoms with van der Waals surface area (Å²) in [5.74, 6) is 1.39. The van der Waals surface area contributed by atoms with Gasteiger partial charge in [-0.2, -0.15) is 4.68 Å². The molecule has 1 unspecified atom stereocenters. The minimum Gasteiger partial charge on any atom is -0.313 e. The molecule has 0 amide bonds. The minimum atomic E-state index is -2.90. The molecule has 3 rings (SSSR count). The molecule has 1 aliphatic rings. The Morgan fingerprint density at radius 1 is 1.25 bits per heavy atom. The predicted molar refractivity (Wildman–Crippen MR) is 115 cm³/mol. The number of aromatic nitrogens is 3. The average molecular weight is 424 g/mol. The molecule has 0 bridgehead atoms. The van der Waals surface area contributed by atoms with Gasteiger partial charge in [0.2, 0.25) is 4.77 Å². The van der Waals surface area contributed by atoms with E-state index in [0.29, 0.717) is 23.6 Å². The molecule has 28 heavy (non-hydrogen) atoms. The summed E-state index contributed by atoms with van der Waals surface area (Å²) in [7, 11) is -0.962. The fraction of sp³-hybridized carbons (Fsp3) is 0.600. The highest BCUT2D eigenvalue weighted by atomic mass is 32.2. The third-order valence-electron chi connectivity index (χ3n) is 5.67. The van der Waals surface area contributed by atoms with Crippen LogP contribution in [0, 0.1) is 4.77 Å². The van der Waals surface area contributed by atoms with Gasteiger partial charge in [0.15, 0.2) is 22.3 Å². The van der Waals surface area contributed by atoms with Crippen LogP contribution in [-0.4, -0.2) is 46.9 Å². The van der Waals surface area contributed by atoms with Crippen molar-refractivity contribution in [2.75, 3.05) is 18.1 Å². The van der Waals surface area contributed by atoms with E-state index in [1.54, 1.807) is 0 Å². The molecule has 6 nitrogen and oxygen atoms in total. The van der Waals surface area contributed by atoms with Crippen LogP contribution >= 0.6 is 12.2 Å². The third kappa shape index (κ3) is 4.39. The maximum Gasteiger partial charge on any atom is 0.202 e. The van der Waals surface area contributed by atoms with Crippen molar-refractivity contribution in [2.24, 2.45) is 7.05 Å². The first-order valence-electron chi connectivity index (χ1n) is 9.81. The van der Waals surface area contributed by atoms with Crippen LogP contribution in [0.25, 0.3) is 11.4 Å². The number of rotatable bonds is 5. The van der Waals surface area contributed by atoms with Gasteiger partial charge in [-0.1, -0.05) is 45.0 Å². The van der Waals surface area contributed by atoms with Crippen LogP contribution in [0.1, 0.15) is 39.7 Å². The van der Waals surface area contributed by atoms with Gasteiger partial charge in [0.1, 0.15) is 11.8 Å². The second-order valence-electron chi connectivity index (χ2n) is 8.76. The highest BCUT2D eigenvalue weighted by molar-refractivity contribution is 7.91. The van der Waals surface area contributed by atoms with Gasteiger partial charge in [-0.25, -0.2) is 8.42 Å². The van der Waals surface area contributed by atoms with E-state index in [9.17, 15) is 8.42 Å². The van der Waals surface area contributed by atoms with Crippen molar-refractivity contribution >= 4 is 22.1 Å². The zero-order valence-corrected chi connectivity index (χ0v) is 19.0. The van der Waals surface area contributed by atoms with Crippen molar-refractivity contribution in [3.8, 4) is 11.4 Å². The number of hydrogen-bond donors (Lipinski definition) is 1. The number of benzene rings is 1. The monoisotopic (exact) mass is 423 g/mol. The van der Waals surface area contributed by atoms with Crippen LogP contribution in [0.2, 0.25) is 0 Å². The smallest absolute Gasteiger partial charge is 0.202 e. The van der Waals surface area contributed by atoms with Crippen molar-refractivity contribution in [3.63, 3.8) is 0 Å². The Labute approximate surface area is 173 Å². The Bertz CT molecular complexity index is 998. The fourth-order valence-corrected chi connectivity index (χ4v) is 5.82. The van der Waals surface area contributed by atoms with Gasteiger partial charge in [0, 0.05) is 19.0 Å². The Morgan fingerprint density at radius 3 is 2.39 bits per heavy atom. The molecule has 1 fully saturated rings. The first kappa shape index (κ1) is 21.2. The maximum absolute atomic E-state index is 11.9. The van der Waals surface area contributed by atoms with Crippen LogP contribution in [0.3, 0.4) is 0 Å². The highest BCUT2D eigenvalue weighted by Gasteiger charge is 2.35. The van der Waals surface area contributed by atoms with Gasteiger partial charge in [0.25, 0.3) is 0 Å². The molecule has 1 saturated heterocycles. The molecule has 1 aliphatic heterocycles. The number of nitrogens with one attached hydrogen (secondary N) is 1. The summed E-state index contributed by atoms with van der Waals surface area (Å²) in [5, 5.41) is 4.77. The van der Waals surface area contributed by atoms with Gasteiger partial charge in [-0.05, 0) is 30.1 Å². The van der Waals surface area contributed by atoms with Crippen LogP contribution in [0.15, 0.2) is 24.3 Å². The summed E-state index contributed by atoms with van der Waals surface area (Å²) in [4.78, 5) is 1.21. The SMILES string of the molecule is CC[NH+](Cn1nc(-c2ccc(C(C)(C)C)cc2)n(C)c1=S)[C@@H]1CCS(=O)(=O)C1. The Hall–Kier alpha value is -1.51. The Balaban J connectivity index is 1.86.